The third-order valence-corrected chi connectivity index (χ3v) is 3.67. The molecule has 1 N–H and O–H groups in total. The molecule has 0 atom stereocenters. The van der Waals surface area contributed by atoms with E-state index < -0.39 is 0 Å². The largest absolute Gasteiger partial charge is 0.497 e. The van der Waals surface area contributed by atoms with Crippen LogP contribution in [-0.2, 0) is 0 Å². The number of methoxy groups -OCH3 is 1. The van der Waals surface area contributed by atoms with Gasteiger partial charge in [-0.05, 0) is 44.3 Å². The summed E-state index contributed by atoms with van der Waals surface area (Å²) in [5, 5.41) is 3.45. The number of hydrogen-bond acceptors (Lipinski definition) is 4. The molecule has 1 fully saturated rings. The molecular formula is C15H25N3O. The summed E-state index contributed by atoms with van der Waals surface area (Å²) in [4.78, 5) is 4.95. The molecule has 0 bridgehead atoms. The van der Waals surface area contributed by atoms with Crippen molar-refractivity contribution in [1.82, 2.24) is 9.80 Å². The molecule has 1 aromatic carbocycles. The minimum atomic E-state index is 0.906. The van der Waals surface area contributed by atoms with Crippen molar-refractivity contribution in [1.29, 1.82) is 0 Å². The first-order valence-electron chi connectivity index (χ1n) is 7.07. The Morgan fingerprint density at radius 2 is 1.79 bits per heavy atom. The second-order valence-electron chi connectivity index (χ2n) is 5.15. The maximum atomic E-state index is 5.14. The summed E-state index contributed by atoms with van der Waals surface area (Å²) in [6.45, 7) is 7.03. The monoisotopic (exact) mass is 263 g/mol. The lowest BCUT2D eigenvalue weighted by atomic mass is 10.2. The van der Waals surface area contributed by atoms with Gasteiger partial charge in [0.1, 0.15) is 5.75 Å². The van der Waals surface area contributed by atoms with Crippen LogP contribution in [0.2, 0.25) is 0 Å². The Balaban J connectivity index is 1.61. The highest BCUT2D eigenvalue weighted by Gasteiger charge is 2.12. The van der Waals surface area contributed by atoms with Crippen molar-refractivity contribution in [2.45, 2.75) is 6.42 Å². The van der Waals surface area contributed by atoms with E-state index in [9.17, 15) is 0 Å². The van der Waals surface area contributed by atoms with Crippen molar-refractivity contribution in [3.8, 4) is 5.75 Å². The normalized spacial score (nSPS) is 17.4. The highest BCUT2D eigenvalue weighted by atomic mass is 16.5. The first-order valence-corrected chi connectivity index (χ1v) is 7.07. The predicted octanol–water partition coefficient (Wildman–Crippen LogP) is 1.74. The van der Waals surface area contributed by atoms with Crippen LogP contribution >= 0.6 is 0 Å². The van der Waals surface area contributed by atoms with E-state index in [0.717, 1.165) is 12.3 Å². The number of piperazine rings is 1. The summed E-state index contributed by atoms with van der Waals surface area (Å²) in [7, 11) is 3.89. The maximum absolute atomic E-state index is 5.14. The van der Waals surface area contributed by atoms with Crippen LogP contribution in [0.1, 0.15) is 6.42 Å². The predicted molar refractivity (Wildman–Crippen MR) is 80.0 cm³/mol. The van der Waals surface area contributed by atoms with Crippen molar-refractivity contribution < 1.29 is 4.74 Å². The Labute approximate surface area is 116 Å². The average Bonchev–Trinajstić information content (AvgIpc) is 2.46. The average molecular weight is 263 g/mol. The van der Waals surface area contributed by atoms with E-state index in [4.69, 9.17) is 4.74 Å². The van der Waals surface area contributed by atoms with Crippen molar-refractivity contribution in [3.63, 3.8) is 0 Å². The van der Waals surface area contributed by atoms with Crippen molar-refractivity contribution in [2.24, 2.45) is 0 Å². The number of ether oxygens (including phenoxy) is 1. The van der Waals surface area contributed by atoms with Gasteiger partial charge in [0.25, 0.3) is 0 Å². The molecule has 1 aliphatic heterocycles. The van der Waals surface area contributed by atoms with Crippen molar-refractivity contribution in [3.05, 3.63) is 24.3 Å². The second-order valence-corrected chi connectivity index (χ2v) is 5.15. The molecular weight excluding hydrogens is 238 g/mol. The first kappa shape index (κ1) is 14.2. The van der Waals surface area contributed by atoms with Gasteiger partial charge in [-0.2, -0.15) is 0 Å². The molecule has 4 heteroatoms. The number of nitrogens with zero attached hydrogens (tertiary/aromatic N) is 2. The quantitative estimate of drug-likeness (QED) is 0.791. The Morgan fingerprint density at radius 3 is 2.42 bits per heavy atom. The van der Waals surface area contributed by atoms with Crippen molar-refractivity contribution in [2.75, 3.05) is 58.7 Å². The SMILES string of the molecule is COc1ccc(NCCCN2CCN(C)CC2)cc1. The molecule has 0 spiro atoms. The topological polar surface area (TPSA) is 27.7 Å². The van der Waals surface area contributed by atoms with E-state index in [-0.39, 0.29) is 0 Å². The number of anilines is 1. The fourth-order valence-electron chi connectivity index (χ4n) is 2.32. The van der Waals surface area contributed by atoms with E-state index in [2.05, 4.69) is 34.3 Å². The van der Waals surface area contributed by atoms with Crippen LogP contribution in [0, 0.1) is 0 Å². The molecule has 19 heavy (non-hydrogen) atoms. The molecule has 106 valence electrons. The standard InChI is InChI=1S/C15H25N3O/c1-17-10-12-18(13-11-17)9-3-8-16-14-4-6-15(19-2)7-5-14/h4-7,16H,3,8-13H2,1-2H3. The molecule has 0 unspecified atom stereocenters. The van der Waals surface area contributed by atoms with Gasteiger partial charge < -0.3 is 19.9 Å². The summed E-state index contributed by atoms with van der Waals surface area (Å²) >= 11 is 0. The van der Waals surface area contributed by atoms with Gasteiger partial charge in [0.2, 0.25) is 0 Å². The van der Waals surface area contributed by atoms with Gasteiger partial charge in [-0.3, -0.25) is 0 Å². The zero-order valence-corrected chi connectivity index (χ0v) is 12.1. The van der Waals surface area contributed by atoms with Crippen LogP contribution in [0.15, 0.2) is 24.3 Å². The maximum Gasteiger partial charge on any atom is 0.119 e. The van der Waals surface area contributed by atoms with E-state index in [1.165, 1.54) is 44.8 Å². The zero-order valence-electron chi connectivity index (χ0n) is 12.1. The molecule has 2 rings (SSSR count). The van der Waals surface area contributed by atoms with Gasteiger partial charge in [-0.15, -0.1) is 0 Å². The first-order chi connectivity index (χ1) is 9.28. The van der Waals surface area contributed by atoms with E-state index in [0.29, 0.717) is 0 Å². The molecule has 4 nitrogen and oxygen atoms in total. The van der Waals surface area contributed by atoms with Crippen LogP contribution in [0.5, 0.6) is 5.75 Å². The lowest BCUT2D eigenvalue weighted by Gasteiger charge is -2.32. The lowest BCUT2D eigenvalue weighted by Crippen LogP contribution is -2.44. The van der Waals surface area contributed by atoms with Gasteiger partial charge >= 0.3 is 0 Å². The van der Waals surface area contributed by atoms with Gasteiger partial charge in [-0.1, -0.05) is 0 Å². The molecule has 1 heterocycles. The lowest BCUT2D eigenvalue weighted by molar-refractivity contribution is 0.154. The van der Waals surface area contributed by atoms with Gasteiger partial charge in [0.15, 0.2) is 0 Å². The van der Waals surface area contributed by atoms with Crippen LogP contribution in [0.4, 0.5) is 5.69 Å². The fourth-order valence-corrected chi connectivity index (χ4v) is 2.32. The molecule has 0 amide bonds. The number of rotatable bonds is 6. The van der Waals surface area contributed by atoms with Crippen LogP contribution in [0.3, 0.4) is 0 Å². The van der Waals surface area contributed by atoms with E-state index in [1.807, 2.05) is 12.1 Å². The summed E-state index contributed by atoms with van der Waals surface area (Å²) in [5.41, 5.74) is 1.17. The summed E-state index contributed by atoms with van der Waals surface area (Å²) < 4.78 is 5.14. The Morgan fingerprint density at radius 1 is 1.11 bits per heavy atom. The number of nitrogens with one attached hydrogen (secondary N) is 1. The Bertz CT molecular complexity index is 358. The summed E-state index contributed by atoms with van der Waals surface area (Å²) in [6, 6.07) is 8.11. The number of hydrogen-bond donors (Lipinski definition) is 1. The van der Waals surface area contributed by atoms with Gasteiger partial charge in [0, 0.05) is 38.4 Å². The summed E-state index contributed by atoms with van der Waals surface area (Å²) in [6.07, 6.45) is 1.19. The van der Waals surface area contributed by atoms with Gasteiger partial charge in [-0.25, -0.2) is 0 Å². The fraction of sp³-hybridized carbons (Fsp3) is 0.600. The zero-order chi connectivity index (χ0) is 13.5. The van der Waals surface area contributed by atoms with E-state index in [1.54, 1.807) is 7.11 Å². The third-order valence-electron chi connectivity index (χ3n) is 3.67. The Hall–Kier alpha value is -1.26. The van der Waals surface area contributed by atoms with Crippen LogP contribution in [-0.4, -0.2) is 63.2 Å². The smallest absolute Gasteiger partial charge is 0.119 e. The van der Waals surface area contributed by atoms with Gasteiger partial charge in [0.05, 0.1) is 7.11 Å². The van der Waals surface area contributed by atoms with Crippen LogP contribution < -0.4 is 10.1 Å². The molecule has 0 saturated carbocycles. The highest BCUT2D eigenvalue weighted by Crippen LogP contribution is 2.14. The number of benzene rings is 1. The molecule has 1 aromatic rings. The molecule has 1 aliphatic rings. The molecule has 1 saturated heterocycles. The van der Waals surface area contributed by atoms with E-state index >= 15 is 0 Å². The second kappa shape index (κ2) is 7.36. The molecule has 0 aromatic heterocycles. The Kier molecular flexibility index (Phi) is 5.48. The molecule has 0 radical (unpaired) electrons. The molecule has 0 aliphatic carbocycles. The minimum absolute atomic E-state index is 0.906. The van der Waals surface area contributed by atoms with Crippen LogP contribution in [0.25, 0.3) is 0 Å². The highest BCUT2D eigenvalue weighted by molar-refractivity contribution is 5.46. The minimum Gasteiger partial charge on any atom is -0.497 e. The number of likely N-dealkylation sites (N-methyl/N-ethyl adjacent to an activating group) is 1. The summed E-state index contributed by atoms with van der Waals surface area (Å²) in [5.74, 6) is 0.906. The third kappa shape index (κ3) is 4.73. The van der Waals surface area contributed by atoms with Crippen molar-refractivity contribution >= 4 is 5.69 Å².